The molecule has 0 aliphatic carbocycles. The number of nitrogens with zero attached hydrogens (tertiary/aromatic N) is 5. The zero-order chi connectivity index (χ0) is 19.5. The van der Waals surface area contributed by atoms with E-state index >= 15 is 0 Å². The van der Waals surface area contributed by atoms with Crippen LogP contribution < -0.4 is 4.74 Å². The van der Waals surface area contributed by atoms with E-state index in [1.807, 2.05) is 6.92 Å². The summed E-state index contributed by atoms with van der Waals surface area (Å²) in [6.07, 6.45) is 3.41. The summed E-state index contributed by atoms with van der Waals surface area (Å²) in [5.41, 5.74) is 0.414. The average molecular weight is 385 g/mol. The van der Waals surface area contributed by atoms with Crippen molar-refractivity contribution >= 4 is 5.91 Å². The predicted octanol–water partition coefficient (Wildman–Crippen LogP) is 2.98. The monoisotopic (exact) mass is 385 g/mol. The molecule has 3 heterocycles. The fourth-order valence-electron chi connectivity index (χ4n) is 3.22. The van der Waals surface area contributed by atoms with Crippen molar-refractivity contribution in [3.05, 3.63) is 59.8 Å². The number of aryl methyl sites for hydroxylation is 1. The van der Waals surface area contributed by atoms with Gasteiger partial charge >= 0.3 is 0 Å². The van der Waals surface area contributed by atoms with Crippen LogP contribution in [0.5, 0.6) is 5.75 Å². The van der Waals surface area contributed by atoms with Gasteiger partial charge in [0, 0.05) is 19.3 Å². The largest absolute Gasteiger partial charge is 0.484 e. The molecule has 0 bridgehead atoms. The second kappa shape index (κ2) is 7.79. The highest BCUT2D eigenvalue weighted by Crippen LogP contribution is 2.31. The van der Waals surface area contributed by atoms with Crippen molar-refractivity contribution in [2.45, 2.75) is 39.0 Å². The predicted molar refractivity (Wildman–Crippen MR) is 95.9 cm³/mol. The van der Waals surface area contributed by atoms with Crippen LogP contribution in [0.2, 0.25) is 0 Å². The number of aromatic nitrogens is 4. The van der Waals surface area contributed by atoms with E-state index in [1.165, 1.54) is 24.3 Å². The molecule has 1 aliphatic heterocycles. The van der Waals surface area contributed by atoms with Gasteiger partial charge in [0.05, 0.1) is 6.04 Å². The third kappa shape index (κ3) is 3.73. The topological polar surface area (TPSA) is 86.3 Å². The molecule has 9 heteroatoms. The molecule has 28 heavy (non-hydrogen) atoms. The molecule has 4 rings (SSSR count). The summed E-state index contributed by atoms with van der Waals surface area (Å²) in [5.74, 6) is 0.795. The number of carbonyl (C=O) groups is 1. The molecule has 0 N–H and O–H groups in total. The molecule has 146 valence electrons. The number of amides is 1. The molecule has 1 unspecified atom stereocenters. The Bertz CT molecular complexity index is 953. The molecule has 1 aliphatic rings. The minimum absolute atomic E-state index is 0.0696. The van der Waals surface area contributed by atoms with Gasteiger partial charge in [-0.05, 0) is 50.1 Å². The van der Waals surface area contributed by atoms with Crippen molar-refractivity contribution < 1.29 is 18.4 Å². The number of benzene rings is 1. The molecule has 2 aromatic heterocycles. The zero-order valence-corrected chi connectivity index (χ0v) is 15.4. The van der Waals surface area contributed by atoms with Crippen LogP contribution in [0.3, 0.4) is 0 Å². The summed E-state index contributed by atoms with van der Waals surface area (Å²) in [6, 6.07) is 7.16. The molecular weight excluding hydrogens is 365 g/mol. The van der Waals surface area contributed by atoms with Crippen molar-refractivity contribution in [3.63, 3.8) is 0 Å². The maximum Gasteiger partial charge on any atom is 0.274 e. The van der Waals surface area contributed by atoms with Crippen LogP contribution in [0.25, 0.3) is 0 Å². The van der Waals surface area contributed by atoms with Crippen LogP contribution >= 0.6 is 0 Å². The van der Waals surface area contributed by atoms with Crippen molar-refractivity contribution in [1.82, 2.24) is 24.8 Å². The number of ether oxygens (including phenoxy) is 1. The first-order chi connectivity index (χ1) is 13.6. The van der Waals surface area contributed by atoms with Gasteiger partial charge in [0.15, 0.2) is 12.4 Å². The normalized spacial score (nSPS) is 16.5. The van der Waals surface area contributed by atoms with Gasteiger partial charge in [-0.1, -0.05) is 5.16 Å². The molecule has 0 saturated carbocycles. The minimum atomic E-state index is -0.331. The molecule has 1 aromatic carbocycles. The van der Waals surface area contributed by atoms with E-state index in [0.717, 1.165) is 12.8 Å². The number of hydrogen-bond acceptors (Lipinski definition) is 6. The van der Waals surface area contributed by atoms with Crippen LogP contribution in [-0.2, 0) is 13.2 Å². The Morgan fingerprint density at radius 3 is 2.89 bits per heavy atom. The second-order valence-corrected chi connectivity index (χ2v) is 6.50. The maximum absolute atomic E-state index is 12.9. The van der Waals surface area contributed by atoms with E-state index in [-0.39, 0.29) is 24.4 Å². The lowest BCUT2D eigenvalue weighted by Crippen LogP contribution is -2.31. The fourth-order valence-corrected chi connectivity index (χ4v) is 3.22. The summed E-state index contributed by atoms with van der Waals surface area (Å²) in [6.45, 7) is 3.37. The van der Waals surface area contributed by atoms with Crippen LogP contribution in [0.1, 0.15) is 48.0 Å². The van der Waals surface area contributed by atoms with Gasteiger partial charge < -0.3 is 14.2 Å². The van der Waals surface area contributed by atoms with E-state index in [1.54, 1.807) is 21.8 Å². The third-order valence-corrected chi connectivity index (χ3v) is 4.66. The van der Waals surface area contributed by atoms with Crippen molar-refractivity contribution in [1.29, 1.82) is 0 Å². The maximum atomic E-state index is 12.9. The third-order valence-electron chi connectivity index (χ3n) is 4.66. The van der Waals surface area contributed by atoms with E-state index < -0.39 is 0 Å². The summed E-state index contributed by atoms with van der Waals surface area (Å²) in [5, 5.41) is 8.32. The Morgan fingerprint density at radius 1 is 1.32 bits per heavy atom. The summed E-state index contributed by atoms with van der Waals surface area (Å²) in [4.78, 5) is 18.9. The van der Waals surface area contributed by atoms with Crippen LogP contribution in [-0.4, -0.2) is 37.3 Å². The van der Waals surface area contributed by atoms with Crippen LogP contribution in [0, 0.1) is 5.82 Å². The van der Waals surface area contributed by atoms with Gasteiger partial charge in [-0.25, -0.2) is 4.39 Å². The Kier molecular flexibility index (Phi) is 5.05. The van der Waals surface area contributed by atoms with Gasteiger partial charge in [0.1, 0.15) is 17.3 Å². The number of likely N-dealkylation sites (tertiary alicyclic amines) is 1. The van der Waals surface area contributed by atoms with Crippen molar-refractivity contribution in [2.24, 2.45) is 0 Å². The second-order valence-electron chi connectivity index (χ2n) is 6.50. The average Bonchev–Trinajstić information content (AvgIpc) is 3.46. The van der Waals surface area contributed by atoms with Gasteiger partial charge in [0.2, 0.25) is 0 Å². The quantitative estimate of drug-likeness (QED) is 0.648. The molecule has 3 aromatic rings. The molecule has 1 amide bonds. The minimum Gasteiger partial charge on any atom is -0.484 e. The first kappa shape index (κ1) is 18.1. The molecule has 0 spiro atoms. The molecule has 8 nitrogen and oxygen atoms in total. The van der Waals surface area contributed by atoms with Gasteiger partial charge in [0.25, 0.3) is 11.8 Å². The highest BCUT2D eigenvalue weighted by atomic mass is 19.1. The Balaban J connectivity index is 1.43. The molecule has 1 saturated heterocycles. The molecule has 1 atom stereocenters. The zero-order valence-electron chi connectivity index (χ0n) is 15.4. The summed E-state index contributed by atoms with van der Waals surface area (Å²) in [7, 11) is 0. The van der Waals surface area contributed by atoms with Crippen molar-refractivity contribution in [3.8, 4) is 5.75 Å². The Morgan fingerprint density at radius 2 is 2.14 bits per heavy atom. The fraction of sp³-hybridized carbons (Fsp3) is 0.368. The number of carbonyl (C=O) groups excluding carboxylic acids is 1. The van der Waals surface area contributed by atoms with E-state index in [0.29, 0.717) is 36.2 Å². The van der Waals surface area contributed by atoms with Gasteiger partial charge in [-0.15, -0.1) is 0 Å². The molecule has 1 fully saturated rings. The first-order valence-corrected chi connectivity index (χ1v) is 9.19. The van der Waals surface area contributed by atoms with Gasteiger partial charge in [-0.3, -0.25) is 9.48 Å². The summed E-state index contributed by atoms with van der Waals surface area (Å²) < 4.78 is 25.4. The highest BCUT2D eigenvalue weighted by Gasteiger charge is 2.34. The van der Waals surface area contributed by atoms with E-state index in [2.05, 4.69) is 15.2 Å². The Hall–Kier alpha value is -3.23. The smallest absolute Gasteiger partial charge is 0.274 e. The van der Waals surface area contributed by atoms with E-state index in [4.69, 9.17) is 9.26 Å². The van der Waals surface area contributed by atoms with Crippen molar-refractivity contribution in [2.75, 3.05) is 6.54 Å². The molecule has 0 radical (unpaired) electrons. The van der Waals surface area contributed by atoms with E-state index in [9.17, 15) is 9.18 Å². The Labute approximate surface area is 160 Å². The number of rotatable bonds is 6. The standard InChI is InChI=1S/C19H20FN5O3/c1-2-24-11-9-15(22-24)19(26)25-10-3-4-16(25)18-21-17(28-23-18)12-27-14-7-5-13(20)6-8-14/h5-9,11,16H,2-4,10,12H2,1H3. The molecular formula is C19H20FN5O3. The lowest BCUT2D eigenvalue weighted by Gasteiger charge is -2.21. The lowest BCUT2D eigenvalue weighted by atomic mass is 10.2. The highest BCUT2D eigenvalue weighted by molar-refractivity contribution is 5.92. The number of halogens is 1. The lowest BCUT2D eigenvalue weighted by molar-refractivity contribution is 0.0721. The van der Waals surface area contributed by atoms with Crippen LogP contribution in [0.4, 0.5) is 4.39 Å². The summed E-state index contributed by atoms with van der Waals surface area (Å²) >= 11 is 0. The van der Waals surface area contributed by atoms with Gasteiger partial charge in [-0.2, -0.15) is 10.1 Å². The number of hydrogen-bond donors (Lipinski definition) is 0. The van der Waals surface area contributed by atoms with Crippen LogP contribution in [0.15, 0.2) is 41.1 Å². The first-order valence-electron chi connectivity index (χ1n) is 9.19. The SMILES string of the molecule is CCn1ccc(C(=O)N2CCCC2c2noc(COc3ccc(F)cc3)n2)n1.